The summed E-state index contributed by atoms with van der Waals surface area (Å²) in [6.45, 7) is 4.42. The highest BCUT2D eigenvalue weighted by atomic mass is 16.2. The van der Waals surface area contributed by atoms with E-state index in [1.165, 1.54) is 12.0 Å². The van der Waals surface area contributed by atoms with Crippen LogP contribution < -0.4 is 0 Å². The topological polar surface area (TPSA) is 49.3 Å². The molecule has 3 unspecified atom stereocenters. The zero-order valence-electron chi connectivity index (χ0n) is 15.8. The number of amides is 1. The Labute approximate surface area is 160 Å². The van der Waals surface area contributed by atoms with E-state index in [2.05, 4.69) is 20.9 Å². The van der Waals surface area contributed by atoms with Crippen LogP contribution in [0.1, 0.15) is 42.6 Å². The molecule has 5 rings (SSSR count). The molecule has 140 valence electrons. The molecule has 0 N–H and O–H groups in total. The molecule has 0 radical (unpaired) electrons. The number of aryl methyl sites for hydroxylation is 1. The standard InChI is InChI=1S/C22H26N4O/c1-16-4-2-6-18(24-16)15-25-11-9-22(21(25)27)12-19-7-8-20(22)26(19)14-17-5-3-10-23-13-17/h2-6,10,13,19-20H,7-9,11-12,14-15H2,1H3. The van der Waals surface area contributed by atoms with Crippen molar-refractivity contribution in [3.8, 4) is 0 Å². The highest BCUT2D eigenvalue weighted by molar-refractivity contribution is 5.86. The fraction of sp³-hybridized carbons (Fsp3) is 0.500. The molecule has 2 aromatic rings. The number of carbonyl (C=O) groups excluding carboxylic acids is 1. The lowest BCUT2D eigenvalue weighted by atomic mass is 9.72. The first kappa shape index (κ1) is 16.9. The van der Waals surface area contributed by atoms with Crippen LogP contribution in [0.2, 0.25) is 0 Å². The number of likely N-dealkylation sites (tertiary alicyclic amines) is 1. The van der Waals surface area contributed by atoms with Crippen molar-refractivity contribution >= 4 is 5.91 Å². The molecule has 5 heteroatoms. The fourth-order valence-electron chi connectivity index (χ4n) is 5.64. The van der Waals surface area contributed by atoms with Gasteiger partial charge in [0, 0.05) is 43.3 Å². The van der Waals surface area contributed by atoms with Crippen LogP contribution in [-0.4, -0.2) is 44.3 Å². The van der Waals surface area contributed by atoms with E-state index in [-0.39, 0.29) is 5.41 Å². The zero-order chi connectivity index (χ0) is 18.4. The molecule has 2 bridgehead atoms. The molecule has 1 amide bonds. The van der Waals surface area contributed by atoms with Crippen LogP contribution in [0.15, 0.2) is 42.7 Å². The Morgan fingerprint density at radius 3 is 2.93 bits per heavy atom. The third kappa shape index (κ3) is 2.76. The van der Waals surface area contributed by atoms with Crippen molar-refractivity contribution in [2.75, 3.05) is 6.54 Å². The molecule has 1 spiro atoms. The summed E-state index contributed by atoms with van der Waals surface area (Å²) in [5.74, 6) is 0.356. The molecule has 3 aliphatic rings. The monoisotopic (exact) mass is 362 g/mol. The summed E-state index contributed by atoms with van der Waals surface area (Å²) in [7, 11) is 0. The maximum absolute atomic E-state index is 13.5. The van der Waals surface area contributed by atoms with E-state index >= 15 is 0 Å². The minimum Gasteiger partial charge on any atom is -0.336 e. The zero-order valence-corrected chi connectivity index (χ0v) is 15.8. The number of hydrogen-bond acceptors (Lipinski definition) is 4. The summed E-state index contributed by atoms with van der Waals surface area (Å²) in [6.07, 6.45) is 8.15. The van der Waals surface area contributed by atoms with Crippen LogP contribution in [0.4, 0.5) is 0 Å². The van der Waals surface area contributed by atoms with Crippen LogP contribution in [0.25, 0.3) is 0 Å². The molecule has 0 aliphatic carbocycles. The number of fused-ring (bicyclic) bond motifs is 3. The van der Waals surface area contributed by atoms with E-state index in [4.69, 9.17) is 0 Å². The van der Waals surface area contributed by atoms with Crippen molar-refractivity contribution in [2.45, 2.75) is 57.8 Å². The molecule has 2 aromatic heterocycles. The first-order valence-corrected chi connectivity index (χ1v) is 10.0. The van der Waals surface area contributed by atoms with Crippen LogP contribution in [0.5, 0.6) is 0 Å². The van der Waals surface area contributed by atoms with E-state index in [0.717, 1.165) is 43.7 Å². The van der Waals surface area contributed by atoms with Gasteiger partial charge in [0.25, 0.3) is 0 Å². The minimum absolute atomic E-state index is 0.172. The number of rotatable bonds is 4. The fourth-order valence-corrected chi connectivity index (χ4v) is 5.64. The number of hydrogen-bond donors (Lipinski definition) is 0. The van der Waals surface area contributed by atoms with Gasteiger partial charge in [0.2, 0.25) is 5.91 Å². The third-order valence-electron chi connectivity index (χ3n) is 6.81. The average Bonchev–Trinajstić information content (AvgIpc) is 3.30. The van der Waals surface area contributed by atoms with E-state index in [0.29, 0.717) is 24.5 Å². The normalized spacial score (nSPS) is 30.0. The predicted molar refractivity (Wildman–Crippen MR) is 103 cm³/mol. The second-order valence-corrected chi connectivity index (χ2v) is 8.39. The summed E-state index contributed by atoms with van der Waals surface area (Å²) in [5, 5.41) is 0. The van der Waals surface area contributed by atoms with Gasteiger partial charge < -0.3 is 4.90 Å². The molecular weight excluding hydrogens is 336 g/mol. The lowest BCUT2D eigenvalue weighted by molar-refractivity contribution is -0.138. The number of nitrogens with zero attached hydrogens (tertiary/aromatic N) is 4. The summed E-state index contributed by atoms with van der Waals surface area (Å²) in [6, 6.07) is 11.1. The molecule has 0 aromatic carbocycles. The van der Waals surface area contributed by atoms with Gasteiger partial charge in [0.05, 0.1) is 17.7 Å². The third-order valence-corrected chi connectivity index (χ3v) is 6.81. The smallest absolute Gasteiger partial charge is 0.230 e. The largest absolute Gasteiger partial charge is 0.336 e. The van der Waals surface area contributed by atoms with Crippen LogP contribution in [-0.2, 0) is 17.9 Å². The molecule has 3 aliphatic heterocycles. The Morgan fingerprint density at radius 2 is 2.11 bits per heavy atom. The maximum Gasteiger partial charge on any atom is 0.230 e. The van der Waals surface area contributed by atoms with Crippen LogP contribution in [0, 0.1) is 12.3 Å². The number of pyridine rings is 2. The Kier molecular flexibility index (Phi) is 4.01. The highest BCUT2D eigenvalue weighted by Crippen LogP contribution is 2.55. The summed E-state index contributed by atoms with van der Waals surface area (Å²) in [5.41, 5.74) is 3.08. The van der Waals surface area contributed by atoms with Gasteiger partial charge in [-0.25, -0.2) is 0 Å². The first-order valence-electron chi connectivity index (χ1n) is 10.0. The van der Waals surface area contributed by atoms with Gasteiger partial charge in [0.15, 0.2) is 0 Å². The van der Waals surface area contributed by atoms with Gasteiger partial charge in [-0.05, 0) is 56.4 Å². The molecule has 5 nitrogen and oxygen atoms in total. The van der Waals surface area contributed by atoms with Gasteiger partial charge in [-0.1, -0.05) is 12.1 Å². The quantitative estimate of drug-likeness (QED) is 0.839. The average molecular weight is 362 g/mol. The van der Waals surface area contributed by atoms with Crippen molar-refractivity contribution in [2.24, 2.45) is 5.41 Å². The second-order valence-electron chi connectivity index (χ2n) is 8.39. The SMILES string of the molecule is Cc1cccc(CN2CCC3(CC4CCC3N4Cc3cccnc3)C2=O)n1. The number of aromatic nitrogens is 2. The maximum atomic E-state index is 13.5. The molecule has 3 atom stereocenters. The van der Waals surface area contributed by atoms with Crippen LogP contribution >= 0.6 is 0 Å². The Bertz CT molecular complexity index is 854. The van der Waals surface area contributed by atoms with E-state index < -0.39 is 0 Å². The van der Waals surface area contributed by atoms with Gasteiger partial charge in [-0.15, -0.1) is 0 Å². The van der Waals surface area contributed by atoms with Gasteiger partial charge in [0.1, 0.15) is 0 Å². The Hall–Kier alpha value is -2.27. The van der Waals surface area contributed by atoms with Crippen molar-refractivity contribution in [1.82, 2.24) is 19.8 Å². The molecule has 3 fully saturated rings. The molecular formula is C22H26N4O. The summed E-state index contributed by atoms with van der Waals surface area (Å²) in [4.78, 5) is 27.0. The van der Waals surface area contributed by atoms with Crippen LogP contribution in [0.3, 0.4) is 0 Å². The summed E-state index contributed by atoms with van der Waals surface area (Å²) >= 11 is 0. The molecule has 0 saturated carbocycles. The lowest BCUT2D eigenvalue weighted by Gasteiger charge is -2.32. The summed E-state index contributed by atoms with van der Waals surface area (Å²) < 4.78 is 0. The predicted octanol–water partition coefficient (Wildman–Crippen LogP) is 2.94. The van der Waals surface area contributed by atoms with Gasteiger partial charge in [-0.2, -0.15) is 0 Å². The lowest BCUT2D eigenvalue weighted by Crippen LogP contribution is -2.43. The van der Waals surface area contributed by atoms with Gasteiger partial charge >= 0.3 is 0 Å². The van der Waals surface area contributed by atoms with Crippen molar-refractivity contribution in [3.63, 3.8) is 0 Å². The first-order chi connectivity index (χ1) is 13.2. The minimum atomic E-state index is -0.172. The van der Waals surface area contributed by atoms with Gasteiger partial charge in [-0.3, -0.25) is 19.7 Å². The van der Waals surface area contributed by atoms with E-state index in [9.17, 15) is 4.79 Å². The Morgan fingerprint density at radius 1 is 1.19 bits per heavy atom. The van der Waals surface area contributed by atoms with Crippen molar-refractivity contribution < 1.29 is 4.79 Å². The number of carbonyl (C=O) groups is 1. The molecule has 5 heterocycles. The highest BCUT2D eigenvalue weighted by Gasteiger charge is 2.62. The molecule has 27 heavy (non-hydrogen) atoms. The van der Waals surface area contributed by atoms with Crippen molar-refractivity contribution in [3.05, 3.63) is 59.7 Å². The van der Waals surface area contributed by atoms with E-state index in [1.54, 1.807) is 0 Å². The Balaban J connectivity index is 1.34. The second kappa shape index (κ2) is 6.41. The van der Waals surface area contributed by atoms with E-state index in [1.807, 2.05) is 48.5 Å². The van der Waals surface area contributed by atoms with Crippen molar-refractivity contribution in [1.29, 1.82) is 0 Å². The molecule has 3 saturated heterocycles.